The van der Waals surface area contributed by atoms with Crippen LogP contribution in [-0.2, 0) is 0 Å². The topological polar surface area (TPSA) is 145 Å². The van der Waals surface area contributed by atoms with Gasteiger partial charge in [0.2, 0.25) is 5.95 Å². The van der Waals surface area contributed by atoms with Crippen molar-refractivity contribution in [3.05, 3.63) is 54.5 Å². The molecule has 0 saturated heterocycles. The first-order valence-corrected chi connectivity index (χ1v) is 9.93. The molecule has 1 aliphatic rings. The van der Waals surface area contributed by atoms with Crippen molar-refractivity contribution in [1.29, 1.82) is 0 Å². The smallest absolute Gasteiger partial charge is 0.254 e. The zero-order valence-electron chi connectivity index (χ0n) is 16.5. The predicted molar refractivity (Wildman–Crippen MR) is 115 cm³/mol. The Hall–Kier alpha value is -3.59. The number of primary amides is 1. The number of carbonyl (C=O) groups excluding carboxylic acids is 1. The Balaban J connectivity index is 1.60. The SMILES string of the molecule is NC(=O)c1cnc(N[C@@H]2CCCC[C@@H]2N)nc1Nc1cccc(-c2ncccn2)c1. The first kappa shape index (κ1) is 19.7. The van der Waals surface area contributed by atoms with Gasteiger partial charge in [0.05, 0.1) is 0 Å². The maximum absolute atomic E-state index is 11.9. The van der Waals surface area contributed by atoms with Gasteiger partial charge in [-0.3, -0.25) is 4.79 Å². The van der Waals surface area contributed by atoms with Crippen molar-refractivity contribution in [2.45, 2.75) is 37.8 Å². The van der Waals surface area contributed by atoms with Crippen LogP contribution in [0, 0.1) is 0 Å². The summed E-state index contributed by atoms with van der Waals surface area (Å²) in [4.78, 5) is 29.2. The first-order chi connectivity index (χ1) is 14.6. The largest absolute Gasteiger partial charge is 0.365 e. The van der Waals surface area contributed by atoms with Crippen LogP contribution >= 0.6 is 0 Å². The minimum atomic E-state index is -0.610. The Labute approximate surface area is 174 Å². The molecule has 0 unspecified atom stereocenters. The van der Waals surface area contributed by atoms with Crippen LogP contribution in [0.25, 0.3) is 11.4 Å². The van der Waals surface area contributed by atoms with Crippen molar-refractivity contribution in [3.8, 4) is 11.4 Å². The van der Waals surface area contributed by atoms with Gasteiger partial charge in [-0.2, -0.15) is 4.98 Å². The van der Waals surface area contributed by atoms with Crippen LogP contribution in [0.4, 0.5) is 17.5 Å². The fourth-order valence-electron chi connectivity index (χ4n) is 3.55. The monoisotopic (exact) mass is 404 g/mol. The number of rotatable bonds is 6. The minimum absolute atomic E-state index is 0.0529. The quantitative estimate of drug-likeness (QED) is 0.490. The molecule has 0 bridgehead atoms. The number of nitrogens with two attached hydrogens (primary N) is 2. The lowest BCUT2D eigenvalue weighted by Gasteiger charge is -2.29. The normalized spacial score (nSPS) is 18.6. The summed E-state index contributed by atoms with van der Waals surface area (Å²) in [5, 5.41) is 6.47. The first-order valence-electron chi connectivity index (χ1n) is 9.93. The second kappa shape index (κ2) is 8.83. The van der Waals surface area contributed by atoms with Gasteiger partial charge in [-0.05, 0) is 31.0 Å². The molecule has 4 rings (SSSR count). The average Bonchev–Trinajstić information content (AvgIpc) is 2.76. The van der Waals surface area contributed by atoms with Crippen LogP contribution in [0.15, 0.2) is 48.9 Å². The number of aromatic nitrogens is 4. The van der Waals surface area contributed by atoms with Gasteiger partial charge in [-0.1, -0.05) is 25.0 Å². The third kappa shape index (κ3) is 4.52. The van der Waals surface area contributed by atoms with E-state index in [0.717, 1.165) is 36.9 Å². The molecule has 6 N–H and O–H groups in total. The van der Waals surface area contributed by atoms with Gasteiger partial charge in [0.1, 0.15) is 11.4 Å². The molecule has 1 saturated carbocycles. The molecule has 2 atom stereocenters. The molecule has 1 amide bonds. The number of hydrogen-bond donors (Lipinski definition) is 4. The lowest BCUT2D eigenvalue weighted by atomic mass is 9.91. The molecule has 9 nitrogen and oxygen atoms in total. The number of amides is 1. The second-order valence-electron chi connectivity index (χ2n) is 7.30. The molecule has 1 fully saturated rings. The summed E-state index contributed by atoms with van der Waals surface area (Å²) in [6, 6.07) is 9.45. The van der Waals surface area contributed by atoms with E-state index in [0.29, 0.717) is 17.6 Å². The van der Waals surface area contributed by atoms with Crippen LogP contribution in [0.5, 0.6) is 0 Å². The molecule has 30 heavy (non-hydrogen) atoms. The Morgan fingerprint density at radius 3 is 2.63 bits per heavy atom. The Morgan fingerprint density at radius 2 is 1.87 bits per heavy atom. The van der Waals surface area contributed by atoms with Gasteiger partial charge < -0.3 is 22.1 Å². The minimum Gasteiger partial charge on any atom is -0.365 e. The zero-order valence-corrected chi connectivity index (χ0v) is 16.5. The van der Waals surface area contributed by atoms with E-state index in [-0.39, 0.29) is 17.6 Å². The lowest BCUT2D eigenvalue weighted by molar-refractivity contribution is 0.100. The summed E-state index contributed by atoms with van der Waals surface area (Å²) >= 11 is 0. The van der Waals surface area contributed by atoms with E-state index in [2.05, 4.69) is 30.6 Å². The molecule has 0 spiro atoms. The molecular weight excluding hydrogens is 380 g/mol. The molecule has 3 aromatic rings. The van der Waals surface area contributed by atoms with E-state index < -0.39 is 5.91 Å². The van der Waals surface area contributed by atoms with Crippen LogP contribution < -0.4 is 22.1 Å². The van der Waals surface area contributed by atoms with Crippen molar-refractivity contribution in [1.82, 2.24) is 19.9 Å². The molecule has 0 radical (unpaired) electrons. The molecule has 1 aliphatic carbocycles. The fourth-order valence-corrected chi connectivity index (χ4v) is 3.55. The van der Waals surface area contributed by atoms with Crippen LogP contribution in [-0.4, -0.2) is 37.9 Å². The summed E-state index contributed by atoms with van der Waals surface area (Å²) in [5.74, 6) is 0.733. The number of carbonyl (C=O) groups is 1. The van der Waals surface area contributed by atoms with Gasteiger partial charge in [0.25, 0.3) is 5.91 Å². The lowest BCUT2D eigenvalue weighted by Crippen LogP contribution is -2.43. The maximum Gasteiger partial charge on any atom is 0.254 e. The third-order valence-electron chi connectivity index (χ3n) is 5.14. The van der Waals surface area contributed by atoms with Crippen molar-refractivity contribution in [2.75, 3.05) is 10.6 Å². The molecular formula is C21H24N8O. The standard InChI is InChI=1S/C21H24N8O/c22-16-7-1-2-8-17(16)28-21-26-12-15(18(23)30)20(29-21)27-14-6-3-5-13(11-14)19-24-9-4-10-25-19/h3-6,9-12,16-17H,1-2,7-8,22H2,(H2,23,30)(H2,26,27,28,29)/t16-,17+/m0/s1. The Kier molecular flexibility index (Phi) is 5.80. The van der Waals surface area contributed by atoms with Crippen molar-refractivity contribution in [3.63, 3.8) is 0 Å². The summed E-state index contributed by atoms with van der Waals surface area (Å²) in [6.45, 7) is 0. The van der Waals surface area contributed by atoms with Crippen LogP contribution in [0.1, 0.15) is 36.0 Å². The van der Waals surface area contributed by atoms with Crippen LogP contribution in [0.3, 0.4) is 0 Å². The summed E-state index contributed by atoms with van der Waals surface area (Å²) in [6.07, 6.45) is 8.98. The second-order valence-corrected chi connectivity index (χ2v) is 7.30. The highest BCUT2D eigenvalue weighted by Crippen LogP contribution is 2.25. The van der Waals surface area contributed by atoms with Gasteiger partial charge in [0.15, 0.2) is 5.82 Å². The molecule has 2 aromatic heterocycles. The van der Waals surface area contributed by atoms with Gasteiger partial charge in [-0.25, -0.2) is 15.0 Å². The zero-order chi connectivity index (χ0) is 20.9. The maximum atomic E-state index is 11.9. The van der Waals surface area contributed by atoms with E-state index in [1.54, 1.807) is 18.5 Å². The third-order valence-corrected chi connectivity index (χ3v) is 5.14. The van der Waals surface area contributed by atoms with E-state index >= 15 is 0 Å². The van der Waals surface area contributed by atoms with Crippen LogP contribution in [0.2, 0.25) is 0 Å². The highest BCUT2D eigenvalue weighted by Gasteiger charge is 2.23. The molecule has 9 heteroatoms. The number of benzene rings is 1. The molecule has 1 aromatic carbocycles. The molecule has 154 valence electrons. The van der Waals surface area contributed by atoms with E-state index in [9.17, 15) is 4.79 Å². The average molecular weight is 404 g/mol. The summed E-state index contributed by atoms with van der Waals surface area (Å²) in [7, 11) is 0. The summed E-state index contributed by atoms with van der Waals surface area (Å²) < 4.78 is 0. The number of nitrogens with zero attached hydrogens (tertiary/aromatic N) is 4. The number of hydrogen-bond acceptors (Lipinski definition) is 8. The molecule has 2 heterocycles. The fraction of sp³-hybridized carbons (Fsp3) is 0.286. The van der Waals surface area contributed by atoms with Crippen molar-refractivity contribution < 1.29 is 4.79 Å². The Bertz CT molecular complexity index is 1030. The van der Waals surface area contributed by atoms with Crippen molar-refractivity contribution in [2.24, 2.45) is 11.5 Å². The van der Waals surface area contributed by atoms with Gasteiger partial charge in [0, 0.05) is 41.9 Å². The predicted octanol–water partition coefficient (Wildman–Crippen LogP) is 2.46. The summed E-state index contributed by atoms with van der Waals surface area (Å²) in [5.41, 5.74) is 13.5. The van der Waals surface area contributed by atoms with E-state index in [1.807, 2.05) is 24.3 Å². The highest BCUT2D eigenvalue weighted by atomic mass is 16.1. The Morgan fingerprint density at radius 1 is 1.07 bits per heavy atom. The molecule has 0 aliphatic heterocycles. The van der Waals surface area contributed by atoms with E-state index in [4.69, 9.17) is 11.5 Å². The highest BCUT2D eigenvalue weighted by molar-refractivity contribution is 5.98. The van der Waals surface area contributed by atoms with Gasteiger partial charge in [-0.15, -0.1) is 0 Å². The number of nitrogens with one attached hydrogen (secondary N) is 2. The number of anilines is 3. The van der Waals surface area contributed by atoms with Crippen molar-refractivity contribution >= 4 is 23.4 Å². The van der Waals surface area contributed by atoms with Gasteiger partial charge >= 0.3 is 0 Å². The van der Waals surface area contributed by atoms with E-state index in [1.165, 1.54) is 6.20 Å².